The standard InChI is InChI=1S/C12H9ClO3/c13-10-5-6-11(16-7-12(14)15)9-4-2-1-3-8(9)10/h1-6H,7H2,(H,14,15)/p-1. The number of hydrogen-bond acceptors (Lipinski definition) is 3. The Morgan fingerprint density at radius 3 is 2.56 bits per heavy atom. The molecule has 4 heteroatoms. The van der Waals surface area contributed by atoms with Crippen molar-refractivity contribution in [2.75, 3.05) is 6.61 Å². The zero-order valence-electron chi connectivity index (χ0n) is 8.27. The molecule has 0 N–H and O–H groups in total. The van der Waals surface area contributed by atoms with E-state index in [1.807, 2.05) is 24.3 Å². The Bertz CT molecular complexity index is 537. The van der Waals surface area contributed by atoms with Crippen LogP contribution in [-0.4, -0.2) is 12.6 Å². The van der Waals surface area contributed by atoms with E-state index in [2.05, 4.69) is 0 Å². The van der Waals surface area contributed by atoms with Gasteiger partial charge in [-0.15, -0.1) is 0 Å². The molecule has 0 aliphatic carbocycles. The highest BCUT2D eigenvalue weighted by Crippen LogP contribution is 2.30. The molecule has 0 aliphatic heterocycles. The molecule has 2 aromatic carbocycles. The molecule has 2 rings (SSSR count). The Hall–Kier alpha value is -1.74. The van der Waals surface area contributed by atoms with Crippen molar-refractivity contribution in [3.8, 4) is 5.75 Å². The van der Waals surface area contributed by atoms with Gasteiger partial charge < -0.3 is 14.6 Å². The third kappa shape index (κ3) is 2.09. The molecule has 0 unspecified atom stereocenters. The number of benzene rings is 2. The fraction of sp³-hybridized carbons (Fsp3) is 0.0833. The van der Waals surface area contributed by atoms with Crippen LogP contribution in [0.2, 0.25) is 5.02 Å². The van der Waals surface area contributed by atoms with E-state index in [9.17, 15) is 9.90 Å². The minimum atomic E-state index is -1.25. The first kappa shape index (κ1) is 10.8. The summed E-state index contributed by atoms with van der Waals surface area (Å²) in [6.45, 7) is -0.467. The Labute approximate surface area is 97.2 Å². The van der Waals surface area contributed by atoms with Crippen LogP contribution >= 0.6 is 11.6 Å². The van der Waals surface area contributed by atoms with Gasteiger partial charge >= 0.3 is 0 Å². The van der Waals surface area contributed by atoms with E-state index in [0.717, 1.165) is 10.8 Å². The minimum absolute atomic E-state index is 0.467. The number of fused-ring (bicyclic) bond motifs is 1. The maximum absolute atomic E-state index is 10.3. The highest BCUT2D eigenvalue weighted by molar-refractivity contribution is 6.35. The van der Waals surface area contributed by atoms with E-state index in [1.165, 1.54) is 0 Å². The lowest BCUT2D eigenvalue weighted by Crippen LogP contribution is -2.28. The molecule has 82 valence electrons. The van der Waals surface area contributed by atoms with Crippen LogP contribution in [0.15, 0.2) is 36.4 Å². The molecule has 0 saturated heterocycles. The largest absolute Gasteiger partial charge is 0.546 e. The highest BCUT2D eigenvalue weighted by atomic mass is 35.5. The first-order valence-corrected chi connectivity index (χ1v) is 5.06. The zero-order valence-corrected chi connectivity index (χ0v) is 9.03. The van der Waals surface area contributed by atoms with E-state index >= 15 is 0 Å². The maximum Gasteiger partial charge on any atom is 0.128 e. The molecular formula is C12H8ClO3-. The molecule has 0 radical (unpaired) electrons. The van der Waals surface area contributed by atoms with Gasteiger partial charge in [0.25, 0.3) is 0 Å². The Morgan fingerprint density at radius 1 is 1.19 bits per heavy atom. The maximum atomic E-state index is 10.3. The van der Waals surface area contributed by atoms with Crippen molar-refractivity contribution < 1.29 is 14.6 Å². The zero-order chi connectivity index (χ0) is 11.5. The van der Waals surface area contributed by atoms with Gasteiger partial charge in [-0.05, 0) is 12.1 Å². The first-order valence-electron chi connectivity index (χ1n) is 4.68. The number of carboxylic acid groups (broad SMARTS) is 1. The van der Waals surface area contributed by atoms with Crippen LogP contribution in [0, 0.1) is 0 Å². The van der Waals surface area contributed by atoms with Crippen LogP contribution in [0.3, 0.4) is 0 Å². The van der Waals surface area contributed by atoms with Crippen LogP contribution in [-0.2, 0) is 4.79 Å². The summed E-state index contributed by atoms with van der Waals surface area (Å²) >= 11 is 6.01. The van der Waals surface area contributed by atoms with Crippen molar-refractivity contribution in [1.29, 1.82) is 0 Å². The van der Waals surface area contributed by atoms with E-state index in [4.69, 9.17) is 16.3 Å². The number of ether oxygens (including phenoxy) is 1. The molecule has 3 nitrogen and oxygen atoms in total. The van der Waals surface area contributed by atoms with Gasteiger partial charge in [0.1, 0.15) is 12.4 Å². The van der Waals surface area contributed by atoms with Crippen molar-refractivity contribution in [1.82, 2.24) is 0 Å². The molecule has 0 aromatic heterocycles. The SMILES string of the molecule is O=C([O-])COc1ccc(Cl)c2ccccc12. The second-order valence-corrected chi connectivity index (χ2v) is 3.66. The first-order chi connectivity index (χ1) is 7.68. The van der Waals surface area contributed by atoms with Gasteiger partial charge in [0, 0.05) is 15.8 Å². The molecule has 2 aromatic rings. The average molecular weight is 236 g/mol. The number of rotatable bonds is 3. The van der Waals surface area contributed by atoms with Crippen molar-refractivity contribution in [2.24, 2.45) is 0 Å². The van der Waals surface area contributed by atoms with Crippen molar-refractivity contribution in [3.63, 3.8) is 0 Å². The Morgan fingerprint density at radius 2 is 1.88 bits per heavy atom. The molecule has 16 heavy (non-hydrogen) atoms. The average Bonchev–Trinajstić information content (AvgIpc) is 2.28. The molecule has 0 aliphatic rings. The third-order valence-corrected chi connectivity index (χ3v) is 2.51. The van der Waals surface area contributed by atoms with Gasteiger partial charge in [-0.2, -0.15) is 0 Å². The molecule has 0 bridgehead atoms. The molecule has 0 fully saturated rings. The summed E-state index contributed by atoms with van der Waals surface area (Å²) in [5.74, 6) is -0.761. The summed E-state index contributed by atoms with van der Waals surface area (Å²) in [4.78, 5) is 10.3. The normalized spacial score (nSPS) is 10.3. The monoisotopic (exact) mass is 235 g/mol. The van der Waals surface area contributed by atoms with Crippen molar-refractivity contribution in [3.05, 3.63) is 41.4 Å². The van der Waals surface area contributed by atoms with E-state index < -0.39 is 12.6 Å². The minimum Gasteiger partial charge on any atom is -0.546 e. The second-order valence-electron chi connectivity index (χ2n) is 3.25. The van der Waals surface area contributed by atoms with Crippen LogP contribution in [0.4, 0.5) is 0 Å². The second kappa shape index (κ2) is 4.41. The fourth-order valence-corrected chi connectivity index (χ4v) is 1.72. The van der Waals surface area contributed by atoms with Crippen LogP contribution < -0.4 is 9.84 Å². The van der Waals surface area contributed by atoms with Gasteiger partial charge in [0.05, 0.1) is 5.97 Å². The lowest BCUT2D eigenvalue weighted by Gasteiger charge is -2.10. The predicted octanol–water partition coefficient (Wildman–Crippen LogP) is 1.62. The van der Waals surface area contributed by atoms with Gasteiger partial charge in [-0.25, -0.2) is 0 Å². The number of aliphatic carboxylic acids is 1. The summed E-state index contributed by atoms with van der Waals surface area (Å²) < 4.78 is 5.12. The quantitative estimate of drug-likeness (QED) is 0.812. The molecule has 0 amide bonds. The summed E-state index contributed by atoms with van der Waals surface area (Å²) in [5.41, 5.74) is 0. The van der Waals surface area contributed by atoms with E-state index in [-0.39, 0.29) is 0 Å². The van der Waals surface area contributed by atoms with Gasteiger partial charge in [-0.3, -0.25) is 0 Å². The van der Waals surface area contributed by atoms with E-state index in [0.29, 0.717) is 10.8 Å². The summed E-state index contributed by atoms with van der Waals surface area (Å²) in [5, 5.41) is 12.5. The van der Waals surface area contributed by atoms with Crippen LogP contribution in [0.5, 0.6) is 5.75 Å². The summed E-state index contributed by atoms with van der Waals surface area (Å²) in [6.07, 6.45) is 0. The smallest absolute Gasteiger partial charge is 0.128 e. The van der Waals surface area contributed by atoms with E-state index in [1.54, 1.807) is 12.1 Å². The number of carbonyl (C=O) groups is 1. The lowest BCUT2D eigenvalue weighted by atomic mass is 10.1. The number of carbonyl (C=O) groups excluding carboxylic acids is 1. The summed E-state index contributed by atoms with van der Waals surface area (Å²) in [7, 11) is 0. The van der Waals surface area contributed by atoms with Crippen LogP contribution in [0.25, 0.3) is 10.8 Å². The molecule has 0 heterocycles. The Kier molecular flexibility index (Phi) is 2.97. The predicted molar refractivity (Wildman–Crippen MR) is 59.5 cm³/mol. The lowest BCUT2D eigenvalue weighted by molar-refractivity contribution is -0.307. The van der Waals surface area contributed by atoms with Crippen molar-refractivity contribution in [2.45, 2.75) is 0 Å². The van der Waals surface area contributed by atoms with Gasteiger partial charge in [0.2, 0.25) is 0 Å². The Balaban J connectivity index is 2.46. The topological polar surface area (TPSA) is 49.4 Å². The summed E-state index contributed by atoms with van der Waals surface area (Å²) in [6, 6.07) is 10.7. The molecule has 0 atom stereocenters. The van der Waals surface area contributed by atoms with Gasteiger partial charge in [0.15, 0.2) is 0 Å². The van der Waals surface area contributed by atoms with Crippen molar-refractivity contribution >= 4 is 28.3 Å². The number of carboxylic acids is 1. The molecule has 0 spiro atoms. The molecular weight excluding hydrogens is 228 g/mol. The van der Waals surface area contributed by atoms with Crippen LogP contribution in [0.1, 0.15) is 0 Å². The number of hydrogen-bond donors (Lipinski definition) is 0. The number of halogens is 1. The third-order valence-electron chi connectivity index (χ3n) is 2.18. The van der Waals surface area contributed by atoms with Gasteiger partial charge in [-0.1, -0.05) is 35.9 Å². The highest BCUT2D eigenvalue weighted by Gasteiger charge is 2.04. The molecule has 0 saturated carbocycles. The fourth-order valence-electron chi connectivity index (χ4n) is 1.50.